The third kappa shape index (κ3) is 3.21. The first-order valence-electron chi connectivity index (χ1n) is 7.27. The van der Waals surface area contributed by atoms with Gasteiger partial charge in [-0.15, -0.1) is 0 Å². The summed E-state index contributed by atoms with van der Waals surface area (Å²) in [7, 11) is 0. The van der Waals surface area contributed by atoms with E-state index in [4.69, 9.17) is 0 Å². The summed E-state index contributed by atoms with van der Waals surface area (Å²) < 4.78 is 0. The van der Waals surface area contributed by atoms with Crippen LogP contribution in [-0.2, 0) is 0 Å². The average molecular weight is 224 g/mol. The van der Waals surface area contributed by atoms with Crippen LogP contribution in [0.3, 0.4) is 0 Å². The Balaban J connectivity index is 1.58. The number of hydrogen-bond acceptors (Lipinski definition) is 2. The van der Waals surface area contributed by atoms with Gasteiger partial charge in [0.2, 0.25) is 0 Å². The topological polar surface area (TPSA) is 15.3 Å². The number of hydrogen-bond donors (Lipinski definition) is 1. The van der Waals surface area contributed by atoms with Gasteiger partial charge in [-0.25, -0.2) is 0 Å². The molecule has 1 heterocycles. The van der Waals surface area contributed by atoms with Crippen LogP contribution in [0, 0.1) is 5.92 Å². The third-order valence-corrected chi connectivity index (χ3v) is 4.64. The van der Waals surface area contributed by atoms with E-state index in [1.54, 1.807) is 0 Å². The molecule has 2 nitrogen and oxygen atoms in total. The van der Waals surface area contributed by atoms with E-state index in [-0.39, 0.29) is 0 Å². The van der Waals surface area contributed by atoms with Crippen molar-refractivity contribution in [1.29, 1.82) is 0 Å². The van der Waals surface area contributed by atoms with Crippen LogP contribution in [0.1, 0.15) is 52.4 Å². The number of rotatable bonds is 5. The molecule has 1 saturated carbocycles. The van der Waals surface area contributed by atoms with Crippen LogP contribution >= 0.6 is 0 Å². The minimum Gasteiger partial charge on any atom is -0.313 e. The van der Waals surface area contributed by atoms with Gasteiger partial charge in [-0.1, -0.05) is 13.3 Å². The molecular weight excluding hydrogens is 196 g/mol. The van der Waals surface area contributed by atoms with Gasteiger partial charge in [0.15, 0.2) is 0 Å². The number of nitrogens with one attached hydrogen (secondary N) is 1. The van der Waals surface area contributed by atoms with Crippen LogP contribution in [-0.4, -0.2) is 36.6 Å². The highest BCUT2D eigenvalue weighted by Gasteiger charge is 2.23. The molecule has 1 saturated heterocycles. The highest BCUT2D eigenvalue weighted by atomic mass is 15.2. The monoisotopic (exact) mass is 224 g/mol. The molecule has 0 aromatic heterocycles. The van der Waals surface area contributed by atoms with Crippen molar-refractivity contribution in [3.05, 3.63) is 0 Å². The van der Waals surface area contributed by atoms with Crippen molar-refractivity contribution in [2.75, 3.05) is 19.6 Å². The molecule has 0 spiro atoms. The van der Waals surface area contributed by atoms with Crippen LogP contribution in [0.4, 0.5) is 0 Å². The van der Waals surface area contributed by atoms with Gasteiger partial charge >= 0.3 is 0 Å². The molecule has 3 atom stereocenters. The first-order chi connectivity index (χ1) is 7.79. The highest BCUT2D eigenvalue weighted by Crippen LogP contribution is 2.27. The average Bonchev–Trinajstić information content (AvgIpc) is 2.89. The van der Waals surface area contributed by atoms with Crippen LogP contribution in [0.25, 0.3) is 0 Å². The first kappa shape index (κ1) is 12.4. The summed E-state index contributed by atoms with van der Waals surface area (Å²) in [4.78, 5) is 2.64. The summed E-state index contributed by atoms with van der Waals surface area (Å²) in [6.45, 7) is 8.49. The zero-order valence-electron chi connectivity index (χ0n) is 11.0. The largest absolute Gasteiger partial charge is 0.313 e. The standard InChI is InChI=1S/C14H28N2/c1-3-13-6-7-14(11-13)15-8-10-16-9-4-5-12(16)2/h12-15H,3-11H2,1-2H3. The van der Waals surface area contributed by atoms with Gasteiger partial charge in [0, 0.05) is 25.2 Å². The second kappa shape index (κ2) is 6.02. The molecule has 94 valence electrons. The molecule has 2 aliphatic rings. The quantitative estimate of drug-likeness (QED) is 0.772. The van der Waals surface area contributed by atoms with Crippen LogP contribution in [0.2, 0.25) is 0 Å². The minimum absolute atomic E-state index is 0.822. The lowest BCUT2D eigenvalue weighted by Gasteiger charge is -2.22. The Kier molecular flexibility index (Phi) is 4.66. The summed E-state index contributed by atoms with van der Waals surface area (Å²) >= 11 is 0. The molecule has 3 unspecified atom stereocenters. The predicted octanol–water partition coefficient (Wildman–Crippen LogP) is 2.64. The molecule has 2 heteroatoms. The van der Waals surface area contributed by atoms with E-state index in [2.05, 4.69) is 24.1 Å². The van der Waals surface area contributed by atoms with Crippen molar-refractivity contribution in [3.8, 4) is 0 Å². The number of nitrogens with zero attached hydrogens (tertiary/aromatic N) is 1. The van der Waals surface area contributed by atoms with Crippen LogP contribution in [0.5, 0.6) is 0 Å². The number of likely N-dealkylation sites (tertiary alicyclic amines) is 1. The molecule has 0 amide bonds. The van der Waals surface area contributed by atoms with Gasteiger partial charge in [0.25, 0.3) is 0 Å². The zero-order valence-corrected chi connectivity index (χ0v) is 11.0. The van der Waals surface area contributed by atoms with E-state index in [9.17, 15) is 0 Å². The fraction of sp³-hybridized carbons (Fsp3) is 1.00. The Morgan fingerprint density at radius 3 is 2.75 bits per heavy atom. The highest BCUT2D eigenvalue weighted by molar-refractivity contribution is 4.81. The van der Waals surface area contributed by atoms with Gasteiger partial charge in [0.1, 0.15) is 0 Å². The SMILES string of the molecule is CCC1CCC(NCCN2CCCC2C)C1. The lowest BCUT2D eigenvalue weighted by atomic mass is 10.1. The van der Waals surface area contributed by atoms with Crippen molar-refractivity contribution in [1.82, 2.24) is 10.2 Å². The first-order valence-corrected chi connectivity index (χ1v) is 7.27. The normalized spacial score (nSPS) is 36.0. The van der Waals surface area contributed by atoms with Crippen molar-refractivity contribution in [2.24, 2.45) is 5.92 Å². The molecule has 16 heavy (non-hydrogen) atoms. The molecule has 2 rings (SSSR count). The summed E-state index contributed by atoms with van der Waals surface area (Å²) in [6, 6.07) is 1.65. The smallest absolute Gasteiger partial charge is 0.0110 e. The zero-order chi connectivity index (χ0) is 11.4. The Morgan fingerprint density at radius 2 is 2.12 bits per heavy atom. The lowest BCUT2D eigenvalue weighted by molar-refractivity contribution is 0.263. The fourth-order valence-corrected chi connectivity index (χ4v) is 3.37. The van der Waals surface area contributed by atoms with Crippen molar-refractivity contribution in [2.45, 2.75) is 64.5 Å². The van der Waals surface area contributed by atoms with E-state index in [1.807, 2.05) is 0 Å². The van der Waals surface area contributed by atoms with Crippen molar-refractivity contribution >= 4 is 0 Å². The fourth-order valence-electron chi connectivity index (χ4n) is 3.37. The maximum Gasteiger partial charge on any atom is 0.0110 e. The Morgan fingerprint density at radius 1 is 1.25 bits per heavy atom. The van der Waals surface area contributed by atoms with Gasteiger partial charge in [-0.05, 0) is 51.5 Å². The molecule has 2 fully saturated rings. The lowest BCUT2D eigenvalue weighted by Crippen LogP contribution is -2.37. The van der Waals surface area contributed by atoms with Crippen molar-refractivity contribution in [3.63, 3.8) is 0 Å². The summed E-state index contributed by atoms with van der Waals surface area (Å²) in [5.41, 5.74) is 0. The second-order valence-corrected chi connectivity index (χ2v) is 5.77. The van der Waals surface area contributed by atoms with E-state index < -0.39 is 0 Å². The Bertz CT molecular complexity index is 205. The molecule has 1 aliphatic carbocycles. The molecular formula is C14H28N2. The van der Waals surface area contributed by atoms with E-state index in [1.165, 1.54) is 58.2 Å². The molecule has 0 aromatic carbocycles. The second-order valence-electron chi connectivity index (χ2n) is 5.77. The van der Waals surface area contributed by atoms with Gasteiger partial charge < -0.3 is 5.32 Å². The Labute approximate surface area is 101 Å². The van der Waals surface area contributed by atoms with Crippen molar-refractivity contribution < 1.29 is 0 Å². The summed E-state index contributed by atoms with van der Waals surface area (Å²) in [6.07, 6.45) is 8.47. The predicted molar refractivity (Wildman–Crippen MR) is 69.7 cm³/mol. The summed E-state index contributed by atoms with van der Waals surface area (Å²) in [5, 5.41) is 3.75. The summed E-state index contributed by atoms with van der Waals surface area (Å²) in [5.74, 6) is 1.00. The maximum absolute atomic E-state index is 3.75. The third-order valence-electron chi connectivity index (χ3n) is 4.64. The molecule has 0 bridgehead atoms. The van der Waals surface area contributed by atoms with E-state index in [0.29, 0.717) is 0 Å². The van der Waals surface area contributed by atoms with E-state index in [0.717, 1.165) is 18.0 Å². The Hall–Kier alpha value is -0.0800. The van der Waals surface area contributed by atoms with Crippen LogP contribution in [0.15, 0.2) is 0 Å². The molecule has 0 aromatic rings. The van der Waals surface area contributed by atoms with Gasteiger partial charge in [-0.2, -0.15) is 0 Å². The molecule has 1 aliphatic heterocycles. The maximum atomic E-state index is 3.75. The molecule has 0 radical (unpaired) electrons. The van der Waals surface area contributed by atoms with Gasteiger partial charge in [-0.3, -0.25) is 4.90 Å². The minimum atomic E-state index is 0.822. The van der Waals surface area contributed by atoms with Crippen LogP contribution < -0.4 is 5.32 Å². The van der Waals surface area contributed by atoms with E-state index >= 15 is 0 Å². The van der Waals surface area contributed by atoms with Gasteiger partial charge in [0.05, 0.1) is 0 Å². The molecule has 1 N–H and O–H groups in total.